The van der Waals surface area contributed by atoms with E-state index in [0.717, 1.165) is 62.7 Å². The Bertz CT molecular complexity index is 2100. The number of imidazole rings is 2. The van der Waals surface area contributed by atoms with Gasteiger partial charge in [-0.1, -0.05) is 36.4 Å². The van der Waals surface area contributed by atoms with E-state index in [1.807, 2.05) is 12.1 Å². The van der Waals surface area contributed by atoms with Crippen molar-refractivity contribution >= 4 is 33.6 Å². The summed E-state index contributed by atoms with van der Waals surface area (Å²) in [5.74, 6) is -5.24. The number of nitrogens with one attached hydrogen (secondary N) is 4. The van der Waals surface area contributed by atoms with Crippen molar-refractivity contribution in [2.75, 3.05) is 0 Å². The molecule has 0 bridgehead atoms. The SMILES string of the molecule is O=C(NCc1nc2c([nH]1)-c1ccc(-c3ccc4c(ccc5nc(CNC(=O)C6CCC(F)(F)CC6)[nH]c54)c3)cc1CC2)C1CCC(F)(F)CC1. The smallest absolute Gasteiger partial charge is 0.248 e. The van der Waals surface area contributed by atoms with Crippen molar-refractivity contribution in [1.29, 1.82) is 0 Å². The number of alkyl halides is 4. The van der Waals surface area contributed by atoms with Crippen LogP contribution in [0, 0.1) is 11.8 Å². The van der Waals surface area contributed by atoms with Gasteiger partial charge in [0.05, 0.1) is 35.5 Å². The summed E-state index contributed by atoms with van der Waals surface area (Å²) in [4.78, 5) is 41.4. The van der Waals surface area contributed by atoms with Gasteiger partial charge in [-0.15, -0.1) is 0 Å². The maximum atomic E-state index is 13.5. The van der Waals surface area contributed by atoms with Crippen molar-refractivity contribution in [3.05, 3.63) is 71.4 Å². The summed E-state index contributed by atoms with van der Waals surface area (Å²) in [6.45, 7) is 0.431. The van der Waals surface area contributed by atoms with E-state index in [1.54, 1.807) is 0 Å². The largest absolute Gasteiger partial charge is 0.349 e. The number of aromatic nitrogens is 4. The fraction of sp³-hybridized carbons (Fsp3) is 0.421. The summed E-state index contributed by atoms with van der Waals surface area (Å²) in [6.07, 6.45) is 1.40. The highest BCUT2D eigenvalue weighted by Crippen LogP contribution is 2.38. The topological polar surface area (TPSA) is 116 Å². The number of nitrogens with zero attached hydrogens (tertiary/aromatic N) is 2. The van der Waals surface area contributed by atoms with Gasteiger partial charge in [-0.25, -0.2) is 27.5 Å². The lowest BCUT2D eigenvalue weighted by Crippen LogP contribution is -2.35. The number of H-pyrrole nitrogens is 2. The molecule has 0 saturated heterocycles. The Morgan fingerprint density at radius 2 is 1.32 bits per heavy atom. The zero-order chi connectivity index (χ0) is 34.6. The molecule has 5 aromatic rings. The second kappa shape index (κ2) is 12.5. The molecule has 8 nitrogen and oxygen atoms in total. The lowest BCUT2D eigenvalue weighted by atomic mass is 9.86. The molecule has 8 rings (SSSR count). The molecule has 0 aliphatic heterocycles. The number of amides is 2. The Morgan fingerprint density at radius 3 is 1.98 bits per heavy atom. The maximum Gasteiger partial charge on any atom is 0.248 e. The molecule has 260 valence electrons. The number of hydrogen-bond donors (Lipinski definition) is 4. The van der Waals surface area contributed by atoms with Gasteiger partial charge in [-0.05, 0) is 72.7 Å². The fourth-order valence-electron chi connectivity index (χ4n) is 7.79. The van der Waals surface area contributed by atoms with Crippen molar-refractivity contribution < 1.29 is 27.2 Å². The zero-order valence-corrected chi connectivity index (χ0v) is 27.5. The van der Waals surface area contributed by atoms with E-state index in [4.69, 9.17) is 4.98 Å². The van der Waals surface area contributed by atoms with Crippen LogP contribution < -0.4 is 10.6 Å². The van der Waals surface area contributed by atoms with E-state index < -0.39 is 17.8 Å². The van der Waals surface area contributed by atoms with Crippen molar-refractivity contribution in [3.63, 3.8) is 0 Å². The number of rotatable bonds is 7. The third-order valence-corrected chi connectivity index (χ3v) is 10.7. The second-order valence-electron chi connectivity index (χ2n) is 14.2. The average molecular weight is 687 g/mol. The molecule has 2 amide bonds. The number of fused-ring (bicyclic) bond motifs is 6. The summed E-state index contributed by atoms with van der Waals surface area (Å²) in [5, 5.41) is 7.81. The van der Waals surface area contributed by atoms with Crippen molar-refractivity contribution in [3.8, 4) is 22.4 Å². The minimum absolute atomic E-state index is 0.193. The Kier molecular flexibility index (Phi) is 8.14. The van der Waals surface area contributed by atoms with E-state index in [9.17, 15) is 27.2 Å². The number of benzene rings is 3. The molecule has 2 aromatic heterocycles. The minimum atomic E-state index is -2.67. The maximum absolute atomic E-state index is 13.5. The molecule has 2 saturated carbocycles. The zero-order valence-electron chi connectivity index (χ0n) is 27.5. The molecule has 4 N–H and O–H groups in total. The van der Waals surface area contributed by atoms with Crippen LogP contribution in [-0.4, -0.2) is 43.6 Å². The van der Waals surface area contributed by atoms with Crippen LogP contribution in [0.25, 0.3) is 44.2 Å². The lowest BCUT2D eigenvalue weighted by molar-refractivity contribution is -0.130. The quantitative estimate of drug-likeness (QED) is 0.131. The van der Waals surface area contributed by atoms with Crippen molar-refractivity contribution in [1.82, 2.24) is 30.6 Å². The van der Waals surface area contributed by atoms with E-state index in [-0.39, 0.29) is 82.2 Å². The number of hydrogen-bond acceptors (Lipinski definition) is 4. The van der Waals surface area contributed by atoms with E-state index in [0.29, 0.717) is 11.6 Å². The summed E-state index contributed by atoms with van der Waals surface area (Å²) in [5.41, 5.74) is 8.02. The number of aryl methyl sites for hydroxylation is 2. The number of aromatic amines is 2. The van der Waals surface area contributed by atoms with Gasteiger partial charge < -0.3 is 20.6 Å². The molecule has 3 aliphatic carbocycles. The summed E-state index contributed by atoms with van der Waals surface area (Å²) < 4.78 is 54.0. The molecule has 2 heterocycles. The van der Waals surface area contributed by atoms with Crippen LogP contribution in [-0.2, 0) is 35.5 Å². The highest BCUT2D eigenvalue weighted by atomic mass is 19.3. The predicted octanol–water partition coefficient (Wildman–Crippen LogP) is 7.76. The van der Waals surface area contributed by atoms with Gasteiger partial charge >= 0.3 is 0 Å². The van der Waals surface area contributed by atoms with Crippen LogP contribution in [0.3, 0.4) is 0 Å². The molecule has 3 aliphatic rings. The van der Waals surface area contributed by atoms with E-state index in [1.165, 1.54) is 5.56 Å². The molecule has 0 radical (unpaired) electrons. The molecule has 50 heavy (non-hydrogen) atoms. The molecule has 2 fully saturated rings. The highest BCUT2D eigenvalue weighted by molar-refractivity contribution is 6.05. The van der Waals surface area contributed by atoms with Crippen LogP contribution in [0.5, 0.6) is 0 Å². The summed E-state index contributed by atoms with van der Waals surface area (Å²) in [7, 11) is 0. The van der Waals surface area contributed by atoms with Crippen LogP contribution in [0.15, 0.2) is 48.5 Å². The Morgan fingerprint density at radius 1 is 0.720 bits per heavy atom. The standard InChI is InChI=1S/C38H38F4N6O2/c39-37(40)13-9-21(10-14-37)35(49)43-19-31-45-29-7-3-25-17-23(1-5-27(25)33(29)47-31)24-2-6-28-26(18-24)4-8-30-34(28)48-32(46-30)20-44-36(50)22-11-15-38(41,42)16-12-22/h1-3,5-7,17-18,21-22H,4,8-16,19-20H2,(H,43,49)(H,44,50)(H,45,47)(H,46,48). The van der Waals surface area contributed by atoms with Gasteiger partial charge in [0.15, 0.2) is 0 Å². The molecule has 0 unspecified atom stereocenters. The lowest BCUT2D eigenvalue weighted by Gasteiger charge is -2.27. The molecular weight excluding hydrogens is 648 g/mol. The molecule has 0 atom stereocenters. The second-order valence-corrected chi connectivity index (χ2v) is 14.2. The van der Waals surface area contributed by atoms with Gasteiger partial charge in [0.2, 0.25) is 23.7 Å². The third-order valence-electron chi connectivity index (χ3n) is 10.7. The number of carbonyl (C=O) groups excluding carboxylic acids is 2. The van der Waals surface area contributed by atoms with Gasteiger partial charge in [0.25, 0.3) is 0 Å². The van der Waals surface area contributed by atoms with Gasteiger partial charge in [0, 0.05) is 48.5 Å². The highest BCUT2D eigenvalue weighted by Gasteiger charge is 2.38. The van der Waals surface area contributed by atoms with E-state index >= 15 is 0 Å². The normalized spacial score (nSPS) is 18.9. The van der Waals surface area contributed by atoms with Crippen LogP contribution >= 0.6 is 0 Å². The van der Waals surface area contributed by atoms with Crippen LogP contribution in [0.1, 0.15) is 74.3 Å². The third kappa shape index (κ3) is 6.47. The first-order chi connectivity index (χ1) is 24.0. The Labute approximate surface area is 285 Å². The molecule has 0 spiro atoms. The van der Waals surface area contributed by atoms with Gasteiger partial charge in [-0.2, -0.15) is 0 Å². The first-order valence-corrected chi connectivity index (χ1v) is 17.4. The fourth-order valence-corrected chi connectivity index (χ4v) is 7.79. The van der Waals surface area contributed by atoms with Crippen molar-refractivity contribution in [2.45, 2.75) is 89.1 Å². The average Bonchev–Trinajstić information content (AvgIpc) is 3.73. The molecule has 3 aromatic carbocycles. The van der Waals surface area contributed by atoms with Gasteiger partial charge in [0.1, 0.15) is 11.6 Å². The van der Waals surface area contributed by atoms with Gasteiger partial charge in [-0.3, -0.25) is 9.59 Å². The number of halogens is 4. The summed E-state index contributed by atoms with van der Waals surface area (Å²) in [6, 6.07) is 16.7. The number of carbonyl (C=O) groups is 2. The monoisotopic (exact) mass is 686 g/mol. The predicted molar refractivity (Wildman–Crippen MR) is 182 cm³/mol. The van der Waals surface area contributed by atoms with Crippen LogP contribution in [0.4, 0.5) is 17.6 Å². The minimum Gasteiger partial charge on any atom is -0.349 e. The van der Waals surface area contributed by atoms with Crippen LogP contribution in [0.2, 0.25) is 0 Å². The van der Waals surface area contributed by atoms with E-state index in [2.05, 4.69) is 62.0 Å². The molecular formula is C38H38F4N6O2. The molecule has 12 heteroatoms. The Balaban J connectivity index is 0.941. The Hall–Kier alpha value is -4.74. The van der Waals surface area contributed by atoms with Crippen molar-refractivity contribution in [2.24, 2.45) is 11.8 Å². The first kappa shape index (κ1) is 32.5. The summed E-state index contributed by atoms with van der Waals surface area (Å²) >= 11 is 0. The first-order valence-electron chi connectivity index (χ1n) is 17.4.